The van der Waals surface area contributed by atoms with Crippen LogP contribution >= 0.6 is 11.8 Å². The number of hydrogen-bond donors (Lipinski definition) is 2. The molecule has 3 aromatic rings. The first kappa shape index (κ1) is 22.7. The van der Waals surface area contributed by atoms with Crippen molar-refractivity contribution in [3.05, 3.63) is 53.3 Å². The second-order valence-electron chi connectivity index (χ2n) is 7.78. The zero-order chi connectivity index (χ0) is 23.7. The predicted octanol–water partition coefficient (Wildman–Crippen LogP) is 0.697. The van der Waals surface area contributed by atoms with Crippen LogP contribution in [0, 0.1) is 13.8 Å². The molecular formula is C21H24N8O3S. The highest BCUT2D eigenvalue weighted by Crippen LogP contribution is 2.19. The quantitative estimate of drug-likeness (QED) is 0.504. The van der Waals surface area contributed by atoms with Crippen molar-refractivity contribution in [2.45, 2.75) is 37.8 Å². The van der Waals surface area contributed by atoms with E-state index in [2.05, 4.69) is 20.4 Å². The van der Waals surface area contributed by atoms with E-state index >= 15 is 0 Å². The Hall–Kier alpha value is -3.51. The van der Waals surface area contributed by atoms with E-state index in [0.717, 1.165) is 28.7 Å². The van der Waals surface area contributed by atoms with Crippen LogP contribution in [0.25, 0.3) is 5.78 Å². The first-order valence-electron chi connectivity index (χ1n) is 10.2. The van der Waals surface area contributed by atoms with E-state index in [1.807, 2.05) is 50.2 Å². The van der Waals surface area contributed by atoms with Crippen molar-refractivity contribution < 1.29 is 14.4 Å². The lowest BCUT2D eigenvalue weighted by molar-refractivity contribution is -0.140. The van der Waals surface area contributed by atoms with Crippen LogP contribution in [0.5, 0.6) is 0 Å². The molecule has 0 bridgehead atoms. The van der Waals surface area contributed by atoms with E-state index in [9.17, 15) is 14.4 Å². The minimum Gasteiger partial charge on any atom is -0.330 e. The average Bonchev–Trinajstić information content (AvgIpc) is 3.18. The van der Waals surface area contributed by atoms with E-state index < -0.39 is 24.1 Å². The maximum absolute atomic E-state index is 12.9. The average molecular weight is 469 g/mol. The lowest BCUT2D eigenvalue weighted by Crippen LogP contribution is -2.70. The van der Waals surface area contributed by atoms with Crippen molar-refractivity contribution in [1.29, 1.82) is 0 Å². The van der Waals surface area contributed by atoms with Gasteiger partial charge in [0.15, 0.2) is 0 Å². The number of nitrogens with zero attached hydrogens (tertiary/aromatic N) is 6. The Labute approximate surface area is 194 Å². The van der Waals surface area contributed by atoms with Gasteiger partial charge < -0.3 is 15.5 Å². The van der Waals surface area contributed by atoms with Gasteiger partial charge in [-0.25, -0.2) is 14.3 Å². The molecule has 0 radical (unpaired) electrons. The SMILES string of the molecule is Cc1cc(C)n2nc(SCC(=O)N(C)C3C(=O)NC(=O)N(Cc4ccccc4)C3N)nc2n1. The third-order valence-corrected chi connectivity index (χ3v) is 6.20. The van der Waals surface area contributed by atoms with Crippen molar-refractivity contribution >= 4 is 35.4 Å². The highest BCUT2D eigenvalue weighted by Gasteiger charge is 2.43. The summed E-state index contributed by atoms with van der Waals surface area (Å²) >= 11 is 1.14. The van der Waals surface area contributed by atoms with Crippen LogP contribution in [-0.4, -0.2) is 72.2 Å². The van der Waals surface area contributed by atoms with Crippen LogP contribution in [-0.2, 0) is 16.1 Å². The summed E-state index contributed by atoms with van der Waals surface area (Å²) in [7, 11) is 1.50. The van der Waals surface area contributed by atoms with Gasteiger partial charge in [0, 0.05) is 25.0 Å². The monoisotopic (exact) mass is 468 g/mol. The molecule has 4 amide bonds. The highest BCUT2D eigenvalue weighted by molar-refractivity contribution is 7.99. The van der Waals surface area contributed by atoms with Gasteiger partial charge in [-0.1, -0.05) is 42.1 Å². The van der Waals surface area contributed by atoms with Crippen molar-refractivity contribution in [3.8, 4) is 0 Å². The van der Waals surface area contributed by atoms with Gasteiger partial charge in [-0.3, -0.25) is 14.9 Å². The van der Waals surface area contributed by atoms with Crippen LogP contribution < -0.4 is 11.1 Å². The fraction of sp³-hybridized carbons (Fsp3) is 0.333. The molecule has 4 rings (SSSR count). The van der Waals surface area contributed by atoms with E-state index in [-0.39, 0.29) is 18.2 Å². The van der Waals surface area contributed by atoms with Crippen LogP contribution in [0.1, 0.15) is 17.0 Å². The topological polar surface area (TPSA) is 139 Å². The summed E-state index contributed by atoms with van der Waals surface area (Å²) in [4.78, 5) is 49.1. The summed E-state index contributed by atoms with van der Waals surface area (Å²) in [5, 5.41) is 7.07. The molecule has 172 valence electrons. The number of aryl methyl sites for hydroxylation is 2. The molecule has 2 unspecified atom stereocenters. The fourth-order valence-electron chi connectivity index (χ4n) is 3.67. The zero-order valence-corrected chi connectivity index (χ0v) is 19.2. The first-order valence-corrected chi connectivity index (χ1v) is 11.2. The largest absolute Gasteiger partial charge is 0.330 e. The number of rotatable bonds is 6. The Balaban J connectivity index is 1.45. The second-order valence-corrected chi connectivity index (χ2v) is 8.72. The first-order chi connectivity index (χ1) is 15.7. The standard InChI is InChI=1S/C21H24N8O3S/c1-12-9-13(2)29-19(23-12)25-20(26-29)33-11-15(30)27(3)16-17(22)28(21(32)24-18(16)31)10-14-7-5-4-6-8-14/h4-9,16-17H,10-11,22H2,1-3H3,(H,24,31,32). The number of amides is 4. The highest BCUT2D eigenvalue weighted by atomic mass is 32.2. The van der Waals surface area contributed by atoms with E-state index in [0.29, 0.717) is 10.9 Å². The Kier molecular flexibility index (Phi) is 6.29. The number of nitrogens with one attached hydrogen (secondary N) is 1. The molecule has 0 spiro atoms. The third-order valence-electron chi connectivity index (χ3n) is 5.37. The number of urea groups is 1. The number of fused-ring (bicyclic) bond motifs is 1. The zero-order valence-electron chi connectivity index (χ0n) is 18.4. The summed E-state index contributed by atoms with van der Waals surface area (Å²) in [6.07, 6.45) is -0.992. The van der Waals surface area contributed by atoms with Crippen LogP contribution in [0.2, 0.25) is 0 Å². The Morgan fingerprint density at radius 2 is 1.94 bits per heavy atom. The summed E-state index contributed by atoms with van der Waals surface area (Å²) in [6, 6.07) is 9.56. The van der Waals surface area contributed by atoms with Gasteiger partial charge in [-0.05, 0) is 25.5 Å². The third kappa shape index (κ3) is 4.66. The lowest BCUT2D eigenvalue weighted by Gasteiger charge is -2.41. The summed E-state index contributed by atoms with van der Waals surface area (Å²) in [6.45, 7) is 3.98. The van der Waals surface area contributed by atoms with Crippen LogP contribution in [0.15, 0.2) is 41.6 Å². The number of carbonyl (C=O) groups excluding carboxylic acids is 3. The number of imide groups is 1. The van der Waals surface area contributed by atoms with Gasteiger partial charge in [0.1, 0.15) is 12.2 Å². The molecule has 0 aliphatic carbocycles. The normalized spacial score (nSPS) is 18.5. The molecule has 1 aliphatic heterocycles. The number of likely N-dealkylation sites (N-methyl/N-ethyl adjacent to an activating group) is 1. The van der Waals surface area contributed by atoms with Gasteiger partial charge in [0.25, 0.3) is 11.7 Å². The molecule has 0 saturated carbocycles. The van der Waals surface area contributed by atoms with Gasteiger partial charge in [0.05, 0.1) is 5.75 Å². The minimum atomic E-state index is -1.03. The number of aromatic nitrogens is 4. The van der Waals surface area contributed by atoms with Crippen molar-refractivity contribution in [2.24, 2.45) is 5.73 Å². The number of nitrogens with two attached hydrogens (primary N) is 1. The summed E-state index contributed by atoms with van der Waals surface area (Å²) in [5.74, 6) is -0.503. The smallest absolute Gasteiger partial charge is 0.325 e. The number of thioether (sulfide) groups is 1. The van der Waals surface area contributed by atoms with E-state index in [1.165, 1.54) is 16.8 Å². The number of benzene rings is 1. The van der Waals surface area contributed by atoms with Crippen molar-refractivity contribution in [3.63, 3.8) is 0 Å². The predicted molar refractivity (Wildman–Crippen MR) is 121 cm³/mol. The van der Waals surface area contributed by atoms with Crippen molar-refractivity contribution in [1.82, 2.24) is 34.7 Å². The van der Waals surface area contributed by atoms with Gasteiger partial charge in [0.2, 0.25) is 11.1 Å². The Morgan fingerprint density at radius 3 is 2.67 bits per heavy atom. The molecule has 2 atom stereocenters. The Morgan fingerprint density at radius 1 is 1.21 bits per heavy atom. The molecule has 1 aromatic carbocycles. The molecule has 11 nitrogen and oxygen atoms in total. The molecule has 3 N–H and O–H groups in total. The van der Waals surface area contributed by atoms with E-state index in [1.54, 1.807) is 4.52 Å². The fourth-order valence-corrected chi connectivity index (χ4v) is 4.41. The van der Waals surface area contributed by atoms with Gasteiger partial charge >= 0.3 is 6.03 Å². The number of hydrogen-bond acceptors (Lipinski definition) is 8. The van der Waals surface area contributed by atoms with E-state index in [4.69, 9.17) is 5.73 Å². The second kappa shape index (κ2) is 9.16. The van der Waals surface area contributed by atoms with Crippen molar-refractivity contribution in [2.75, 3.05) is 12.8 Å². The van der Waals surface area contributed by atoms with Crippen LogP contribution in [0.4, 0.5) is 4.79 Å². The molecule has 1 fully saturated rings. The minimum absolute atomic E-state index is 0.00541. The summed E-state index contributed by atoms with van der Waals surface area (Å²) < 4.78 is 1.61. The molecule has 33 heavy (non-hydrogen) atoms. The molecular weight excluding hydrogens is 444 g/mol. The summed E-state index contributed by atoms with van der Waals surface area (Å²) in [5.41, 5.74) is 8.85. The molecule has 1 saturated heterocycles. The molecule has 3 heterocycles. The Bertz CT molecular complexity index is 1210. The maximum Gasteiger partial charge on any atom is 0.325 e. The van der Waals surface area contributed by atoms with Gasteiger partial charge in [-0.15, -0.1) is 5.10 Å². The van der Waals surface area contributed by atoms with Gasteiger partial charge in [-0.2, -0.15) is 4.98 Å². The molecule has 1 aliphatic rings. The molecule has 12 heteroatoms. The number of carbonyl (C=O) groups is 3. The lowest BCUT2D eigenvalue weighted by atomic mass is 10.1. The molecule has 2 aromatic heterocycles. The van der Waals surface area contributed by atoms with Crippen LogP contribution in [0.3, 0.4) is 0 Å². The maximum atomic E-state index is 12.9.